The first-order chi connectivity index (χ1) is 9.97. The van der Waals surface area contributed by atoms with E-state index < -0.39 is 29.1 Å². The fourth-order valence-electron chi connectivity index (χ4n) is 1.55. The summed E-state index contributed by atoms with van der Waals surface area (Å²) in [6, 6.07) is 0.749. The topological polar surface area (TPSA) is 54.8 Å². The molecule has 1 rings (SSSR count). The Morgan fingerprint density at radius 3 is 2.45 bits per heavy atom. The lowest BCUT2D eigenvalue weighted by molar-refractivity contribution is -0.137. The molecule has 22 heavy (non-hydrogen) atoms. The second kappa shape index (κ2) is 6.41. The molecule has 0 N–H and O–H groups in total. The minimum atomic E-state index is -4.69. The van der Waals surface area contributed by atoms with Crippen molar-refractivity contribution in [1.29, 1.82) is 0 Å². The van der Waals surface area contributed by atoms with E-state index in [1.807, 2.05) is 5.16 Å². The Kier molecular flexibility index (Phi) is 5.26. The Labute approximate surface area is 130 Å². The quantitative estimate of drug-likeness (QED) is 0.601. The number of isothiocyanates is 1. The molecular weight excluding hydrogens is 319 g/mol. The Morgan fingerprint density at radius 2 is 2.00 bits per heavy atom. The molecule has 0 saturated carbocycles. The third-order valence-corrected chi connectivity index (χ3v) is 2.46. The number of carbonyl (C=O) groups excluding carboxylic acids is 1. The fourth-order valence-corrected chi connectivity index (χ4v) is 1.64. The molecule has 0 unspecified atom stereocenters. The van der Waals surface area contributed by atoms with E-state index in [0.717, 1.165) is 19.3 Å². The van der Waals surface area contributed by atoms with Gasteiger partial charge in [0, 0.05) is 13.2 Å². The lowest BCUT2D eigenvalue weighted by atomic mass is 10.2. The molecule has 0 aliphatic heterocycles. The monoisotopic (exact) mass is 333 g/mol. The van der Waals surface area contributed by atoms with Gasteiger partial charge in [-0.05, 0) is 39.1 Å². The van der Waals surface area contributed by atoms with Crippen LogP contribution in [-0.4, -0.2) is 28.9 Å². The number of carbonyl (C=O) groups is 1. The van der Waals surface area contributed by atoms with Gasteiger partial charge in [0.05, 0.1) is 10.7 Å². The van der Waals surface area contributed by atoms with Gasteiger partial charge in [-0.1, -0.05) is 0 Å². The molecule has 1 aromatic heterocycles. The lowest BCUT2D eigenvalue weighted by Gasteiger charge is -2.26. The highest BCUT2D eigenvalue weighted by Gasteiger charge is 2.38. The average Bonchev–Trinajstić information content (AvgIpc) is 2.35. The Balaban J connectivity index is 3.42. The summed E-state index contributed by atoms with van der Waals surface area (Å²) < 4.78 is 44.5. The Hall–Kier alpha value is -1.99. The van der Waals surface area contributed by atoms with Crippen molar-refractivity contribution in [3.63, 3.8) is 0 Å². The molecule has 120 valence electrons. The van der Waals surface area contributed by atoms with E-state index in [1.165, 1.54) is 0 Å². The van der Waals surface area contributed by atoms with Crippen molar-refractivity contribution in [2.24, 2.45) is 4.99 Å². The first-order valence-corrected chi connectivity index (χ1v) is 6.49. The first-order valence-electron chi connectivity index (χ1n) is 6.08. The van der Waals surface area contributed by atoms with Crippen LogP contribution in [0.3, 0.4) is 0 Å². The van der Waals surface area contributed by atoms with Crippen LogP contribution in [0.5, 0.6) is 0 Å². The minimum Gasteiger partial charge on any atom is -0.443 e. The molecule has 0 bridgehead atoms. The van der Waals surface area contributed by atoms with E-state index >= 15 is 0 Å². The summed E-state index contributed by atoms with van der Waals surface area (Å²) in [5.41, 5.74) is -2.47. The zero-order valence-electron chi connectivity index (χ0n) is 12.4. The van der Waals surface area contributed by atoms with Crippen molar-refractivity contribution in [2.75, 3.05) is 11.9 Å². The molecule has 0 aliphatic carbocycles. The van der Waals surface area contributed by atoms with Crippen LogP contribution in [0.25, 0.3) is 0 Å². The zero-order valence-corrected chi connectivity index (χ0v) is 13.2. The zero-order chi connectivity index (χ0) is 17.1. The smallest absolute Gasteiger partial charge is 0.418 e. The third-order valence-electron chi connectivity index (χ3n) is 2.36. The van der Waals surface area contributed by atoms with E-state index in [0.29, 0.717) is 4.90 Å². The maximum atomic E-state index is 13.1. The number of hydrogen-bond donors (Lipinski definition) is 0. The number of halogens is 3. The van der Waals surface area contributed by atoms with Crippen molar-refractivity contribution >= 4 is 35.0 Å². The maximum Gasteiger partial charge on any atom is 0.418 e. The summed E-state index contributed by atoms with van der Waals surface area (Å²) in [7, 11) is 1.14. The number of alkyl halides is 3. The molecule has 9 heteroatoms. The van der Waals surface area contributed by atoms with Crippen LogP contribution in [0, 0.1) is 0 Å². The summed E-state index contributed by atoms with van der Waals surface area (Å²) in [6.07, 6.45) is -4.73. The van der Waals surface area contributed by atoms with Gasteiger partial charge in [-0.25, -0.2) is 9.78 Å². The van der Waals surface area contributed by atoms with E-state index in [4.69, 9.17) is 4.74 Å². The second-order valence-electron chi connectivity index (χ2n) is 5.27. The Morgan fingerprint density at radius 1 is 1.41 bits per heavy atom. The Bertz CT molecular complexity index is 620. The largest absolute Gasteiger partial charge is 0.443 e. The SMILES string of the molecule is CN(C(=O)OC(C)(C)C)c1c(C(F)(F)F)ccnc1N=C=S. The number of aromatic nitrogens is 1. The highest BCUT2D eigenvalue weighted by atomic mass is 32.1. The summed E-state index contributed by atoms with van der Waals surface area (Å²) in [4.78, 5) is 19.9. The van der Waals surface area contributed by atoms with Gasteiger partial charge >= 0.3 is 12.3 Å². The number of rotatable bonds is 2. The number of aliphatic imine (C=N–C) groups is 1. The molecule has 0 aromatic carbocycles. The molecule has 0 spiro atoms. The number of nitrogens with zero attached hydrogens (tertiary/aromatic N) is 3. The summed E-state index contributed by atoms with van der Waals surface area (Å²) in [5, 5.41) is 1.94. The number of thiocarbonyl (C=S) groups is 1. The predicted molar refractivity (Wildman–Crippen MR) is 78.6 cm³/mol. The molecule has 0 fully saturated rings. The van der Waals surface area contributed by atoms with Gasteiger partial charge in [0.1, 0.15) is 11.3 Å². The molecule has 5 nitrogen and oxygen atoms in total. The molecule has 0 saturated heterocycles. The normalized spacial score (nSPS) is 11.6. The van der Waals surface area contributed by atoms with Gasteiger partial charge in [-0.2, -0.15) is 18.2 Å². The standard InChI is InChI=1S/C13H14F3N3O2S/c1-12(2,3)21-11(20)19(4)9-8(13(14,15)16)5-6-17-10(9)18-7-22/h5-6H,1-4H3. The van der Waals surface area contributed by atoms with Gasteiger partial charge in [0.15, 0.2) is 5.82 Å². The number of ether oxygens (including phenoxy) is 1. The molecule has 0 atom stereocenters. The predicted octanol–water partition coefficient (Wildman–Crippen LogP) is 4.21. The van der Waals surface area contributed by atoms with Crippen LogP contribution in [0.2, 0.25) is 0 Å². The summed E-state index contributed by atoms with van der Waals surface area (Å²) in [6.45, 7) is 4.80. The lowest BCUT2D eigenvalue weighted by Crippen LogP contribution is -2.35. The molecule has 1 aromatic rings. The average molecular weight is 333 g/mol. The van der Waals surface area contributed by atoms with Gasteiger partial charge in [0.2, 0.25) is 0 Å². The minimum absolute atomic E-state index is 0.363. The van der Waals surface area contributed by atoms with Crippen LogP contribution in [0.15, 0.2) is 17.3 Å². The van der Waals surface area contributed by atoms with E-state index in [2.05, 4.69) is 22.2 Å². The van der Waals surface area contributed by atoms with Crippen molar-refractivity contribution in [2.45, 2.75) is 32.5 Å². The van der Waals surface area contributed by atoms with Gasteiger partial charge in [-0.3, -0.25) is 4.90 Å². The van der Waals surface area contributed by atoms with Crippen molar-refractivity contribution in [3.05, 3.63) is 17.8 Å². The van der Waals surface area contributed by atoms with Gasteiger partial charge in [0.25, 0.3) is 0 Å². The molecule has 0 radical (unpaired) electrons. The highest BCUT2D eigenvalue weighted by molar-refractivity contribution is 7.78. The fraction of sp³-hybridized carbons (Fsp3) is 0.462. The van der Waals surface area contributed by atoms with Crippen LogP contribution in [-0.2, 0) is 10.9 Å². The first kappa shape index (κ1) is 18.1. The number of pyridine rings is 1. The molecule has 1 amide bonds. The number of anilines is 1. The second-order valence-corrected chi connectivity index (χ2v) is 5.45. The van der Waals surface area contributed by atoms with E-state index in [1.54, 1.807) is 20.8 Å². The van der Waals surface area contributed by atoms with Crippen molar-refractivity contribution < 1.29 is 22.7 Å². The maximum absolute atomic E-state index is 13.1. The third kappa shape index (κ3) is 4.51. The van der Waals surface area contributed by atoms with Crippen LogP contribution in [0.1, 0.15) is 26.3 Å². The van der Waals surface area contributed by atoms with Crippen LogP contribution in [0.4, 0.5) is 29.5 Å². The van der Waals surface area contributed by atoms with Crippen molar-refractivity contribution in [1.82, 2.24) is 4.98 Å². The highest BCUT2D eigenvalue weighted by Crippen LogP contribution is 2.40. The summed E-state index contributed by atoms with van der Waals surface area (Å²) in [5.74, 6) is -0.363. The van der Waals surface area contributed by atoms with E-state index in [-0.39, 0.29) is 5.82 Å². The number of hydrogen-bond acceptors (Lipinski definition) is 5. The molecule has 0 aliphatic rings. The van der Waals surface area contributed by atoms with Crippen LogP contribution < -0.4 is 4.90 Å². The number of amides is 1. The van der Waals surface area contributed by atoms with Gasteiger partial charge in [-0.15, -0.1) is 0 Å². The van der Waals surface area contributed by atoms with Crippen LogP contribution >= 0.6 is 12.2 Å². The molecular formula is C13H14F3N3O2S. The summed E-state index contributed by atoms with van der Waals surface area (Å²) >= 11 is 4.40. The van der Waals surface area contributed by atoms with Crippen molar-refractivity contribution in [3.8, 4) is 0 Å². The van der Waals surface area contributed by atoms with E-state index in [9.17, 15) is 18.0 Å². The molecule has 1 heterocycles. The van der Waals surface area contributed by atoms with Gasteiger partial charge < -0.3 is 4.74 Å².